The van der Waals surface area contributed by atoms with Crippen molar-refractivity contribution in [2.45, 2.75) is 38.5 Å². The van der Waals surface area contributed by atoms with Crippen molar-refractivity contribution in [1.29, 1.82) is 0 Å². The van der Waals surface area contributed by atoms with Crippen LogP contribution in [0.3, 0.4) is 0 Å². The number of aromatic nitrogens is 2. The summed E-state index contributed by atoms with van der Waals surface area (Å²) in [7, 11) is 1.89. The Morgan fingerprint density at radius 3 is 2.72 bits per heavy atom. The van der Waals surface area contributed by atoms with Crippen LogP contribution in [0.15, 0.2) is 4.47 Å². The van der Waals surface area contributed by atoms with Gasteiger partial charge in [0.2, 0.25) is 0 Å². The molecule has 0 bridgehead atoms. The van der Waals surface area contributed by atoms with E-state index in [1.165, 1.54) is 0 Å². The molecule has 4 nitrogen and oxygen atoms in total. The van der Waals surface area contributed by atoms with Gasteiger partial charge in [-0.1, -0.05) is 13.8 Å². The lowest BCUT2D eigenvalue weighted by Crippen LogP contribution is -2.19. The zero-order valence-electron chi connectivity index (χ0n) is 11.2. The number of nitrogens with zero attached hydrogens (tertiary/aromatic N) is 2. The second-order valence-electron chi connectivity index (χ2n) is 4.95. The van der Waals surface area contributed by atoms with E-state index >= 15 is 0 Å². The van der Waals surface area contributed by atoms with Crippen LogP contribution in [0.2, 0.25) is 0 Å². The van der Waals surface area contributed by atoms with E-state index in [0.29, 0.717) is 11.8 Å². The van der Waals surface area contributed by atoms with Crippen molar-refractivity contribution in [3.8, 4) is 0 Å². The molecule has 1 atom stereocenters. The summed E-state index contributed by atoms with van der Waals surface area (Å²) >= 11 is 3.58. The third-order valence-electron chi connectivity index (χ3n) is 3.20. The molecule has 1 aromatic rings. The Labute approximate surface area is 117 Å². The number of ether oxygens (including phenoxy) is 1. The molecule has 0 aliphatic carbocycles. The molecule has 0 saturated carbocycles. The largest absolute Gasteiger partial charge is 0.381 e. The van der Waals surface area contributed by atoms with Crippen LogP contribution in [0.5, 0.6) is 0 Å². The summed E-state index contributed by atoms with van der Waals surface area (Å²) in [4.78, 5) is 9.33. The van der Waals surface area contributed by atoms with Gasteiger partial charge in [0, 0.05) is 19.6 Å². The van der Waals surface area contributed by atoms with Gasteiger partial charge in [-0.05, 0) is 34.7 Å². The summed E-state index contributed by atoms with van der Waals surface area (Å²) in [5.41, 5.74) is 1.06. The van der Waals surface area contributed by atoms with E-state index in [2.05, 4.69) is 40.1 Å². The Kier molecular flexibility index (Phi) is 4.56. The van der Waals surface area contributed by atoms with Crippen molar-refractivity contribution in [2.24, 2.45) is 0 Å². The molecule has 0 spiro atoms. The van der Waals surface area contributed by atoms with Gasteiger partial charge in [-0.15, -0.1) is 0 Å². The predicted octanol–water partition coefficient (Wildman–Crippen LogP) is 3.30. The molecule has 1 aliphatic rings. The fraction of sp³-hybridized carbons (Fsp3) is 0.692. The maximum atomic E-state index is 5.53. The normalized spacial score (nSPS) is 20.2. The second-order valence-corrected chi connectivity index (χ2v) is 5.74. The second kappa shape index (κ2) is 5.97. The van der Waals surface area contributed by atoms with Crippen molar-refractivity contribution < 1.29 is 4.74 Å². The smallest absolute Gasteiger partial charge is 0.144 e. The first-order chi connectivity index (χ1) is 8.63. The van der Waals surface area contributed by atoms with Crippen LogP contribution in [-0.2, 0) is 4.74 Å². The maximum Gasteiger partial charge on any atom is 0.144 e. The van der Waals surface area contributed by atoms with Gasteiger partial charge in [0.1, 0.15) is 11.6 Å². The van der Waals surface area contributed by atoms with Gasteiger partial charge in [0.25, 0.3) is 0 Å². The van der Waals surface area contributed by atoms with Crippen molar-refractivity contribution in [1.82, 2.24) is 9.97 Å². The minimum absolute atomic E-state index is 0.330. The summed E-state index contributed by atoms with van der Waals surface area (Å²) in [6.45, 7) is 5.90. The average molecular weight is 314 g/mol. The van der Waals surface area contributed by atoms with Crippen LogP contribution >= 0.6 is 15.9 Å². The lowest BCUT2D eigenvalue weighted by molar-refractivity contribution is 0.0780. The van der Waals surface area contributed by atoms with Gasteiger partial charge < -0.3 is 10.1 Å². The van der Waals surface area contributed by atoms with Crippen LogP contribution < -0.4 is 5.32 Å². The van der Waals surface area contributed by atoms with Crippen LogP contribution in [0.4, 0.5) is 5.82 Å². The Hall–Kier alpha value is -0.680. The number of nitrogens with one attached hydrogen (secondary N) is 1. The van der Waals surface area contributed by atoms with Crippen LogP contribution in [0.25, 0.3) is 0 Å². The molecular weight excluding hydrogens is 294 g/mol. The van der Waals surface area contributed by atoms with Gasteiger partial charge in [-0.25, -0.2) is 9.97 Å². The fourth-order valence-corrected chi connectivity index (χ4v) is 2.99. The van der Waals surface area contributed by atoms with Crippen molar-refractivity contribution in [3.05, 3.63) is 16.0 Å². The molecule has 0 radical (unpaired) electrons. The highest BCUT2D eigenvalue weighted by molar-refractivity contribution is 9.10. The molecule has 2 rings (SSSR count). The highest BCUT2D eigenvalue weighted by Gasteiger charge is 2.22. The number of hydrogen-bond acceptors (Lipinski definition) is 4. The zero-order chi connectivity index (χ0) is 13.1. The summed E-state index contributed by atoms with van der Waals surface area (Å²) < 4.78 is 6.50. The Morgan fingerprint density at radius 1 is 1.39 bits per heavy atom. The van der Waals surface area contributed by atoms with E-state index in [-0.39, 0.29) is 0 Å². The third-order valence-corrected chi connectivity index (χ3v) is 3.99. The molecule has 1 N–H and O–H groups in total. The van der Waals surface area contributed by atoms with Crippen molar-refractivity contribution in [2.75, 3.05) is 25.6 Å². The average Bonchev–Trinajstić information content (AvgIpc) is 2.39. The van der Waals surface area contributed by atoms with Crippen LogP contribution in [-0.4, -0.2) is 30.2 Å². The first kappa shape index (κ1) is 13.7. The molecular formula is C13H20BrN3O. The number of anilines is 1. The third kappa shape index (κ3) is 2.83. The molecule has 1 saturated heterocycles. The molecule has 1 unspecified atom stereocenters. The molecule has 18 heavy (non-hydrogen) atoms. The molecule has 0 amide bonds. The minimum Gasteiger partial charge on any atom is -0.381 e. The maximum absolute atomic E-state index is 5.53. The topological polar surface area (TPSA) is 47.0 Å². The lowest BCUT2D eigenvalue weighted by atomic mass is 10.0. The predicted molar refractivity (Wildman–Crippen MR) is 76.2 cm³/mol. The number of hydrogen-bond donors (Lipinski definition) is 1. The summed E-state index contributed by atoms with van der Waals surface area (Å²) in [5.74, 6) is 2.48. The molecule has 5 heteroatoms. The molecule has 1 fully saturated rings. The minimum atomic E-state index is 0.330. The first-order valence-corrected chi connectivity index (χ1v) is 7.25. The van der Waals surface area contributed by atoms with E-state index in [9.17, 15) is 0 Å². The van der Waals surface area contributed by atoms with E-state index in [1.54, 1.807) is 0 Å². The van der Waals surface area contributed by atoms with Gasteiger partial charge in [0.05, 0.1) is 16.8 Å². The Morgan fingerprint density at radius 2 is 2.17 bits per heavy atom. The summed E-state index contributed by atoms with van der Waals surface area (Å²) in [6.07, 6.45) is 2.21. The van der Waals surface area contributed by atoms with E-state index in [4.69, 9.17) is 9.72 Å². The SMILES string of the molecule is CNc1nc(C2CCCOC2)nc(C(C)C)c1Br. The summed E-state index contributed by atoms with van der Waals surface area (Å²) in [5, 5.41) is 3.13. The van der Waals surface area contributed by atoms with E-state index in [1.807, 2.05) is 7.05 Å². The molecule has 1 aromatic heterocycles. The number of halogens is 1. The van der Waals surface area contributed by atoms with Gasteiger partial charge in [-0.2, -0.15) is 0 Å². The lowest BCUT2D eigenvalue weighted by Gasteiger charge is -2.22. The quantitative estimate of drug-likeness (QED) is 0.930. The molecule has 0 aromatic carbocycles. The Balaban J connectivity index is 2.37. The zero-order valence-corrected chi connectivity index (χ0v) is 12.7. The monoisotopic (exact) mass is 313 g/mol. The van der Waals surface area contributed by atoms with Crippen molar-refractivity contribution >= 4 is 21.7 Å². The van der Waals surface area contributed by atoms with Crippen LogP contribution in [0.1, 0.15) is 50.0 Å². The fourth-order valence-electron chi connectivity index (χ4n) is 2.16. The van der Waals surface area contributed by atoms with E-state index < -0.39 is 0 Å². The highest BCUT2D eigenvalue weighted by Crippen LogP contribution is 2.32. The van der Waals surface area contributed by atoms with E-state index in [0.717, 1.165) is 47.9 Å². The van der Waals surface area contributed by atoms with Gasteiger partial charge in [-0.3, -0.25) is 0 Å². The van der Waals surface area contributed by atoms with Crippen molar-refractivity contribution in [3.63, 3.8) is 0 Å². The highest BCUT2D eigenvalue weighted by atomic mass is 79.9. The molecule has 2 heterocycles. The van der Waals surface area contributed by atoms with Gasteiger partial charge >= 0.3 is 0 Å². The standard InChI is InChI=1S/C13H20BrN3O/c1-8(2)11-10(14)13(15-3)17-12(16-11)9-5-4-6-18-7-9/h8-9H,4-7H2,1-3H3,(H,15,16,17). The summed E-state index contributed by atoms with van der Waals surface area (Å²) in [6, 6.07) is 0. The van der Waals surface area contributed by atoms with Gasteiger partial charge in [0.15, 0.2) is 0 Å². The molecule has 100 valence electrons. The number of rotatable bonds is 3. The Bertz CT molecular complexity index is 417. The van der Waals surface area contributed by atoms with Crippen LogP contribution in [0, 0.1) is 0 Å². The first-order valence-electron chi connectivity index (χ1n) is 6.46. The molecule has 1 aliphatic heterocycles.